The molecule has 23 heavy (non-hydrogen) atoms. The molecule has 0 radical (unpaired) electrons. The number of methoxy groups -OCH3 is 1. The average Bonchev–Trinajstić information content (AvgIpc) is 3.24. The van der Waals surface area contributed by atoms with Gasteiger partial charge in [0.25, 0.3) is 0 Å². The van der Waals surface area contributed by atoms with Crippen LogP contribution in [0.15, 0.2) is 48.0 Å². The third kappa shape index (κ3) is 3.85. The highest BCUT2D eigenvalue weighted by Crippen LogP contribution is 2.23. The first-order chi connectivity index (χ1) is 11.3. The number of nitrogens with zero attached hydrogens (tertiary/aromatic N) is 1. The first-order valence-corrected chi connectivity index (χ1v) is 8.21. The molecule has 2 heterocycles. The van der Waals surface area contributed by atoms with Crippen molar-refractivity contribution in [3.63, 3.8) is 0 Å². The molecule has 3 aromatic rings. The highest BCUT2D eigenvalue weighted by Gasteiger charge is 2.12. The number of hydrogen-bond acceptors (Lipinski definition) is 4. The van der Waals surface area contributed by atoms with Gasteiger partial charge in [-0.2, -0.15) is 5.10 Å². The number of nitrogens with one attached hydrogen (secondary N) is 2. The summed E-state index contributed by atoms with van der Waals surface area (Å²) < 4.78 is 18.6. The third-order valence-corrected chi connectivity index (χ3v) is 4.61. The van der Waals surface area contributed by atoms with E-state index < -0.39 is 0 Å². The maximum Gasteiger partial charge on any atom is 0.123 e. The number of aromatic amines is 1. The molecule has 120 valence electrons. The minimum Gasteiger partial charge on any atom is -0.375 e. The van der Waals surface area contributed by atoms with Gasteiger partial charge in [0, 0.05) is 36.2 Å². The van der Waals surface area contributed by atoms with Crippen molar-refractivity contribution in [3.8, 4) is 11.3 Å². The summed E-state index contributed by atoms with van der Waals surface area (Å²) in [5.74, 6) is -0.244. The zero-order chi connectivity index (χ0) is 16.1. The fourth-order valence-electron chi connectivity index (χ4n) is 2.42. The lowest BCUT2D eigenvalue weighted by Gasteiger charge is -2.14. The topological polar surface area (TPSA) is 49.9 Å². The van der Waals surface area contributed by atoms with Gasteiger partial charge in [0.2, 0.25) is 0 Å². The molecule has 3 rings (SSSR count). The first kappa shape index (κ1) is 15.9. The van der Waals surface area contributed by atoms with E-state index >= 15 is 0 Å². The van der Waals surface area contributed by atoms with E-state index in [4.69, 9.17) is 4.74 Å². The van der Waals surface area contributed by atoms with Gasteiger partial charge < -0.3 is 10.1 Å². The van der Waals surface area contributed by atoms with Crippen LogP contribution < -0.4 is 5.32 Å². The second-order valence-electron chi connectivity index (χ2n) is 5.15. The number of rotatable bonds is 7. The molecule has 1 atom stereocenters. The normalized spacial score (nSPS) is 12.4. The van der Waals surface area contributed by atoms with Crippen LogP contribution >= 0.6 is 11.3 Å². The highest BCUT2D eigenvalue weighted by molar-refractivity contribution is 7.10. The first-order valence-electron chi connectivity index (χ1n) is 7.33. The molecule has 2 N–H and O–H groups in total. The minimum atomic E-state index is -0.244. The van der Waals surface area contributed by atoms with Crippen molar-refractivity contribution < 1.29 is 9.13 Å². The lowest BCUT2D eigenvalue weighted by Crippen LogP contribution is -2.21. The molecule has 0 fully saturated rings. The standard InChI is InChI=1S/C17H18FN3OS/c1-22-15(16-3-2-8-23-16)11-19-9-13-10-20-21-17(13)12-4-6-14(18)7-5-12/h2-8,10,15,19H,9,11H2,1H3,(H,20,21)/t15-/m1/s1. The van der Waals surface area contributed by atoms with Crippen molar-refractivity contribution in [2.75, 3.05) is 13.7 Å². The Balaban J connectivity index is 1.63. The summed E-state index contributed by atoms with van der Waals surface area (Å²) in [4.78, 5) is 1.20. The molecule has 0 saturated carbocycles. The molecule has 0 aliphatic carbocycles. The van der Waals surface area contributed by atoms with Crippen molar-refractivity contribution in [2.24, 2.45) is 0 Å². The van der Waals surface area contributed by atoms with Gasteiger partial charge >= 0.3 is 0 Å². The molecule has 1 aromatic carbocycles. The molecular weight excluding hydrogens is 313 g/mol. The summed E-state index contributed by atoms with van der Waals surface area (Å²) in [6.45, 7) is 1.37. The van der Waals surface area contributed by atoms with Gasteiger partial charge in [-0.05, 0) is 35.7 Å². The summed E-state index contributed by atoms with van der Waals surface area (Å²) in [5, 5.41) is 12.5. The molecular formula is C17H18FN3OS. The molecule has 0 aliphatic rings. The largest absolute Gasteiger partial charge is 0.375 e. The zero-order valence-electron chi connectivity index (χ0n) is 12.8. The molecule has 0 unspecified atom stereocenters. The van der Waals surface area contributed by atoms with Crippen LogP contribution in [0.4, 0.5) is 4.39 Å². The number of halogens is 1. The summed E-state index contributed by atoms with van der Waals surface area (Å²) in [5.41, 5.74) is 2.86. The predicted molar refractivity (Wildman–Crippen MR) is 89.8 cm³/mol. The second kappa shape index (κ2) is 7.50. The molecule has 4 nitrogen and oxygen atoms in total. The van der Waals surface area contributed by atoms with E-state index in [2.05, 4.69) is 21.6 Å². The van der Waals surface area contributed by atoms with E-state index in [0.29, 0.717) is 13.1 Å². The van der Waals surface area contributed by atoms with Crippen LogP contribution in [-0.4, -0.2) is 23.9 Å². The van der Waals surface area contributed by atoms with E-state index in [1.807, 2.05) is 11.4 Å². The van der Waals surface area contributed by atoms with Crippen LogP contribution in [0, 0.1) is 5.82 Å². The molecule has 0 aliphatic heterocycles. The molecule has 0 bridgehead atoms. The van der Waals surface area contributed by atoms with E-state index in [-0.39, 0.29) is 11.9 Å². The number of ether oxygens (including phenoxy) is 1. The Labute approximate surface area is 138 Å². The van der Waals surface area contributed by atoms with Crippen LogP contribution in [0.1, 0.15) is 16.5 Å². The zero-order valence-corrected chi connectivity index (χ0v) is 13.6. The lowest BCUT2D eigenvalue weighted by molar-refractivity contribution is 0.105. The van der Waals surface area contributed by atoms with Crippen molar-refractivity contribution in [1.29, 1.82) is 0 Å². The summed E-state index contributed by atoms with van der Waals surface area (Å²) in [7, 11) is 1.72. The monoisotopic (exact) mass is 331 g/mol. The average molecular weight is 331 g/mol. The maximum atomic E-state index is 13.0. The van der Waals surface area contributed by atoms with Crippen molar-refractivity contribution in [2.45, 2.75) is 12.6 Å². The van der Waals surface area contributed by atoms with Crippen LogP contribution in [0.2, 0.25) is 0 Å². The molecule has 0 saturated heterocycles. The summed E-state index contributed by atoms with van der Waals surface area (Å²) >= 11 is 1.69. The second-order valence-corrected chi connectivity index (χ2v) is 6.13. The Morgan fingerprint density at radius 3 is 2.83 bits per heavy atom. The smallest absolute Gasteiger partial charge is 0.123 e. The van der Waals surface area contributed by atoms with Gasteiger partial charge in [0.05, 0.1) is 11.9 Å². The molecule has 6 heteroatoms. The Bertz CT molecular complexity index is 725. The maximum absolute atomic E-state index is 13.0. The van der Waals surface area contributed by atoms with E-state index in [9.17, 15) is 4.39 Å². The van der Waals surface area contributed by atoms with Crippen LogP contribution in [0.5, 0.6) is 0 Å². The Morgan fingerprint density at radius 1 is 1.30 bits per heavy atom. The summed E-state index contributed by atoms with van der Waals surface area (Å²) in [6, 6.07) is 10.5. The number of thiophene rings is 1. The number of aromatic nitrogens is 2. The van der Waals surface area contributed by atoms with E-state index in [1.165, 1.54) is 17.0 Å². The van der Waals surface area contributed by atoms with E-state index in [0.717, 1.165) is 16.8 Å². The van der Waals surface area contributed by atoms with Gasteiger partial charge in [-0.1, -0.05) is 6.07 Å². The Hall–Kier alpha value is -2.02. The van der Waals surface area contributed by atoms with Gasteiger partial charge in [-0.15, -0.1) is 11.3 Å². The van der Waals surface area contributed by atoms with Crippen molar-refractivity contribution >= 4 is 11.3 Å². The van der Waals surface area contributed by atoms with Gasteiger partial charge in [0.15, 0.2) is 0 Å². The summed E-state index contributed by atoms with van der Waals surface area (Å²) in [6.07, 6.45) is 1.83. The van der Waals surface area contributed by atoms with E-state index in [1.54, 1.807) is 36.8 Å². The Kier molecular flexibility index (Phi) is 5.17. The van der Waals surface area contributed by atoms with Gasteiger partial charge in [0.1, 0.15) is 11.9 Å². The van der Waals surface area contributed by atoms with Gasteiger partial charge in [-0.3, -0.25) is 5.10 Å². The fraction of sp³-hybridized carbons (Fsp3) is 0.235. The molecule has 0 spiro atoms. The molecule has 0 amide bonds. The quantitative estimate of drug-likeness (QED) is 0.693. The number of H-pyrrole nitrogens is 1. The van der Waals surface area contributed by atoms with Crippen LogP contribution in [0.25, 0.3) is 11.3 Å². The number of benzene rings is 1. The fourth-order valence-corrected chi connectivity index (χ4v) is 3.23. The van der Waals surface area contributed by atoms with Crippen LogP contribution in [0.3, 0.4) is 0 Å². The minimum absolute atomic E-state index is 0.0381. The Morgan fingerprint density at radius 2 is 2.13 bits per heavy atom. The molecule has 2 aromatic heterocycles. The van der Waals surface area contributed by atoms with Gasteiger partial charge in [-0.25, -0.2) is 4.39 Å². The highest BCUT2D eigenvalue weighted by atomic mass is 32.1. The number of hydrogen-bond donors (Lipinski definition) is 2. The van der Waals surface area contributed by atoms with Crippen LogP contribution in [-0.2, 0) is 11.3 Å². The SMILES string of the molecule is CO[C@H](CNCc1cn[nH]c1-c1ccc(F)cc1)c1cccs1. The van der Waals surface area contributed by atoms with Crippen molar-refractivity contribution in [1.82, 2.24) is 15.5 Å². The van der Waals surface area contributed by atoms with Crippen molar-refractivity contribution in [3.05, 3.63) is 64.2 Å². The third-order valence-electron chi connectivity index (χ3n) is 3.64. The lowest BCUT2D eigenvalue weighted by atomic mass is 10.1. The predicted octanol–water partition coefficient (Wildman–Crippen LogP) is 3.75.